The highest BCUT2D eigenvalue weighted by Crippen LogP contribution is 2.28. The third kappa shape index (κ3) is 4.80. The molecule has 0 atom stereocenters. The highest BCUT2D eigenvalue weighted by atomic mass is 19.1. The minimum atomic E-state index is -0.293. The molecule has 0 radical (unpaired) electrons. The lowest BCUT2D eigenvalue weighted by molar-refractivity contribution is 0.0926. The van der Waals surface area contributed by atoms with E-state index in [-0.39, 0.29) is 29.8 Å². The summed E-state index contributed by atoms with van der Waals surface area (Å²) in [5.41, 5.74) is 9.40. The van der Waals surface area contributed by atoms with E-state index < -0.39 is 0 Å². The summed E-state index contributed by atoms with van der Waals surface area (Å²) in [5.74, 6) is 0.432. The second-order valence-electron chi connectivity index (χ2n) is 8.53. The summed E-state index contributed by atoms with van der Waals surface area (Å²) >= 11 is 0. The van der Waals surface area contributed by atoms with Crippen molar-refractivity contribution < 1.29 is 9.18 Å². The predicted octanol–water partition coefficient (Wildman–Crippen LogP) is 4.57. The van der Waals surface area contributed by atoms with Gasteiger partial charge in [0, 0.05) is 23.2 Å². The lowest BCUT2D eigenvalue weighted by Gasteiger charge is -2.30. The van der Waals surface area contributed by atoms with Crippen LogP contribution >= 0.6 is 0 Å². The van der Waals surface area contributed by atoms with Crippen molar-refractivity contribution >= 4 is 28.7 Å². The van der Waals surface area contributed by atoms with Crippen LogP contribution in [-0.4, -0.2) is 32.9 Å². The van der Waals surface area contributed by atoms with Gasteiger partial charge < -0.3 is 16.4 Å². The molecule has 4 N–H and O–H groups in total. The molecule has 1 aliphatic carbocycles. The van der Waals surface area contributed by atoms with Gasteiger partial charge in [0.05, 0.1) is 11.2 Å². The average molecular weight is 457 g/mol. The molecule has 2 aromatic carbocycles. The fourth-order valence-electron chi connectivity index (χ4n) is 4.35. The van der Waals surface area contributed by atoms with Crippen molar-refractivity contribution in [2.75, 3.05) is 11.1 Å². The highest BCUT2D eigenvalue weighted by molar-refractivity contribution is 5.94. The number of nitrogens with two attached hydrogens (primary N) is 1. The van der Waals surface area contributed by atoms with E-state index in [9.17, 15) is 9.18 Å². The normalized spacial score (nSPS) is 17.9. The van der Waals surface area contributed by atoms with Crippen LogP contribution in [0.15, 0.2) is 66.7 Å². The lowest BCUT2D eigenvalue weighted by atomic mass is 9.91. The van der Waals surface area contributed by atoms with Crippen molar-refractivity contribution in [3.05, 3.63) is 78.1 Å². The summed E-state index contributed by atoms with van der Waals surface area (Å²) < 4.78 is 13.3. The number of pyridine rings is 1. The van der Waals surface area contributed by atoms with Crippen molar-refractivity contribution in [3.8, 4) is 11.3 Å². The first-order chi connectivity index (χ1) is 16.5. The zero-order valence-corrected chi connectivity index (χ0v) is 18.5. The van der Waals surface area contributed by atoms with Crippen LogP contribution in [0.1, 0.15) is 36.0 Å². The molecule has 8 heteroatoms. The first-order valence-corrected chi connectivity index (χ1v) is 11.4. The van der Waals surface area contributed by atoms with Gasteiger partial charge in [-0.3, -0.25) is 4.79 Å². The van der Waals surface area contributed by atoms with Gasteiger partial charge in [0.25, 0.3) is 5.91 Å². The van der Waals surface area contributed by atoms with Crippen molar-refractivity contribution in [3.63, 3.8) is 0 Å². The Balaban J connectivity index is 1.29. The van der Waals surface area contributed by atoms with E-state index in [0.29, 0.717) is 28.1 Å². The fraction of sp³-hybridized carbons (Fsp3) is 0.231. The molecule has 1 saturated carbocycles. The van der Waals surface area contributed by atoms with Gasteiger partial charge in [0.2, 0.25) is 5.95 Å². The van der Waals surface area contributed by atoms with Crippen LogP contribution in [0.4, 0.5) is 16.2 Å². The summed E-state index contributed by atoms with van der Waals surface area (Å²) in [5, 5.41) is 6.63. The minimum Gasteiger partial charge on any atom is -0.368 e. The van der Waals surface area contributed by atoms with E-state index in [1.807, 2.05) is 42.5 Å². The van der Waals surface area contributed by atoms with Gasteiger partial charge in [0.15, 0.2) is 5.82 Å². The number of carbonyl (C=O) groups excluding carboxylic acids is 1. The first kappa shape index (κ1) is 21.8. The topological polar surface area (TPSA) is 106 Å². The zero-order valence-electron chi connectivity index (χ0n) is 18.5. The number of anilines is 2. The molecule has 2 aromatic heterocycles. The summed E-state index contributed by atoms with van der Waals surface area (Å²) in [4.78, 5) is 25.9. The number of nitrogens with one attached hydrogen (secondary N) is 2. The van der Waals surface area contributed by atoms with Gasteiger partial charge in [-0.1, -0.05) is 18.2 Å². The maximum absolute atomic E-state index is 13.3. The Hall–Kier alpha value is -4.07. The zero-order chi connectivity index (χ0) is 23.5. The van der Waals surface area contributed by atoms with Crippen molar-refractivity contribution in [2.45, 2.75) is 37.8 Å². The van der Waals surface area contributed by atoms with Gasteiger partial charge in [-0.25, -0.2) is 14.4 Å². The van der Waals surface area contributed by atoms with Crippen molar-refractivity contribution in [1.82, 2.24) is 20.3 Å². The summed E-state index contributed by atoms with van der Waals surface area (Å²) in [6.45, 7) is 0. The monoisotopic (exact) mass is 456 g/mol. The number of carbonyl (C=O) groups is 1. The van der Waals surface area contributed by atoms with E-state index in [0.717, 1.165) is 31.2 Å². The Morgan fingerprint density at radius 1 is 0.853 bits per heavy atom. The molecule has 2 heterocycles. The van der Waals surface area contributed by atoms with Crippen molar-refractivity contribution in [2.24, 2.45) is 0 Å². The van der Waals surface area contributed by atoms with E-state index in [1.54, 1.807) is 12.1 Å². The molecule has 0 spiro atoms. The quantitative estimate of drug-likeness (QED) is 0.406. The van der Waals surface area contributed by atoms with E-state index in [1.165, 1.54) is 12.1 Å². The molecular formula is C26H25FN6O. The standard InChI is InChI=1S/C26H25FN6O/c27-18-8-6-16(7-9-18)21-14-15-22-23(31-21)24(33-26(28)32-22)29-19-10-12-20(13-11-19)30-25(34)17-4-2-1-3-5-17/h1-9,14-15,19-20H,10-13H2,(H,30,34)(H3,28,29,32,33). The molecule has 5 rings (SSSR count). The summed E-state index contributed by atoms with van der Waals surface area (Å²) in [7, 11) is 0. The Bertz CT molecular complexity index is 1300. The SMILES string of the molecule is Nc1nc(NC2CCC(NC(=O)c3ccccc3)CC2)c2nc(-c3ccc(F)cc3)ccc2n1. The minimum absolute atomic E-state index is 0.0379. The Morgan fingerprint density at radius 2 is 1.56 bits per heavy atom. The molecule has 7 nitrogen and oxygen atoms in total. The van der Waals surface area contributed by atoms with Gasteiger partial charge in [-0.05, 0) is 74.2 Å². The molecular weight excluding hydrogens is 431 g/mol. The second-order valence-corrected chi connectivity index (χ2v) is 8.53. The molecule has 4 aromatic rings. The number of nitrogen functional groups attached to an aromatic ring is 1. The van der Waals surface area contributed by atoms with Gasteiger partial charge in [-0.2, -0.15) is 4.98 Å². The molecule has 0 bridgehead atoms. The van der Waals surface area contributed by atoms with Gasteiger partial charge in [-0.15, -0.1) is 0 Å². The van der Waals surface area contributed by atoms with Gasteiger partial charge in [0.1, 0.15) is 11.3 Å². The molecule has 0 saturated heterocycles. The van der Waals surface area contributed by atoms with E-state index >= 15 is 0 Å². The largest absolute Gasteiger partial charge is 0.368 e. The number of hydrogen-bond donors (Lipinski definition) is 3. The predicted molar refractivity (Wildman–Crippen MR) is 131 cm³/mol. The average Bonchev–Trinajstić information content (AvgIpc) is 2.86. The highest BCUT2D eigenvalue weighted by Gasteiger charge is 2.24. The van der Waals surface area contributed by atoms with E-state index in [2.05, 4.69) is 20.6 Å². The first-order valence-electron chi connectivity index (χ1n) is 11.4. The Morgan fingerprint density at radius 3 is 2.29 bits per heavy atom. The molecule has 0 unspecified atom stereocenters. The smallest absolute Gasteiger partial charge is 0.251 e. The van der Waals surface area contributed by atoms with Crippen LogP contribution < -0.4 is 16.4 Å². The van der Waals surface area contributed by atoms with E-state index in [4.69, 9.17) is 10.7 Å². The number of nitrogens with zero attached hydrogens (tertiary/aromatic N) is 3. The molecule has 172 valence electrons. The number of halogens is 1. The maximum atomic E-state index is 13.3. The van der Waals surface area contributed by atoms with Crippen LogP contribution in [0.3, 0.4) is 0 Å². The third-order valence-electron chi connectivity index (χ3n) is 6.14. The molecule has 1 aliphatic rings. The number of benzene rings is 2. The maximum Gasteiger partial charge on any atom is 0.251 e. The van der Waals surface area contributed by atoms with Crippen LogP contribution in [0, 0.1) is 5.82 Å². The molecule has 1 amide bonds. The molecule has 34 heavy (non-hydrogen) atoms. The number of aromatic nitrogens is 3. The van der Waals surface area contributed by atoms with Crippen LogP contribution in [0.5, 0.6) is 0 Å². The van der Waals surface area contributed by atoms with Crippen LogP contribution in [-0.2, 0) is 0 Å². The van der Waals surface area contributed by atoms with Gasteiger partial charge >= 0.3 is 0 Å². The number of rotatable bonds is 5. The van der Waals surface area contributed by atoms with Crippen LogP contribution in [0.25, 0.3) is 22.3 Å². The summed E-state index contributed by atoms with van der Waals surface area (Å²) in [6, 6.07) is 19.5. The molecule has 1 fully saturated rings. The number of hydrogen-bond acceptors (Lipinski definition) is 6. The lowest BCUT2D eigenvalue weighted by Crippen LogP contribution is -2.40. The Kier molecular flexibility index (Phi) is 6.03. The fourth-order valence-corrected chi connectivity index (χ4v) is 4.35. The third-order valence-corrected chi connectivity index (χ3v) is 6.14. The number of fused-ring (bicyclic) bond motifs is 1. The summed E-state index contributed by atoms with van der Waals surface area (Å²) in [6.07, 6.45) is 3.48. The van der Waals surface area contributed by atoms with Crippen LogP contribution in [0.2, 0.25) is 0 Å². The second kappa shape index (κ2) is 9.43. The number of amides is 1. The Labute approximate surface area is 196 Å². The van der Waals surface area contributed by atoms with Crippen molar-refractivity contribution in [1.29, 1.82) is 0 Å². The molecule has 0 aliphatic heterocycles.